The summed E-state index contributed by atoms with van der Waals surface area (Å²) in [7, 11) is -2.03. The van der Waals surface area contributed by atoms with Crippen LogP contribution in [0, 0.1) is 11.5 Å². The Bertz CT molecular complexity index is 2020. The highest BCUT2D eigenvalue weighted by Gasteiger charge is 2.41. The third-order valence-electron chi connectivity index (χ3n) is 10.5. The van der Waals surface area contributed by atoms with Crippen LogP contribution in [0.25, 0.3) is 10.8 Å². The number of nitrogens with zero attached hydrogens (tertiary/aromatic N) is 3. The molecule has 0 atom stereocenters. The van der Waals surface area contributed by atoms with Crippen molar-refractivity contribution in [2.45, 2.75) is 84.5 Å². The number of hydrogen-bond acceptors (Lipinski definition) is 7. The standard InChI is InChI=1S/C44H57N5O5Si/c1-30(2)55(31(3)4,32(5)6)25-17-33-26-34(42(50)46-19-20-48-21-23-53-24-22-48)28-35(27-33)47-41-29-36(16-18-45-41)54-40-15-14-39(37-12-10-11-13-38(37)40)49(43(51)52)44(7,8)9/h10-16,18,26-32H,19-24H2,1-9H3,(H,45,47)(H,46,50)(H,51,52). The maximum Gasteiger partial charge on any atom is 0.412 e. The second-order valence-corrected chi connectivity index (χ2v) is 21.8. The van der Waals surface area contributed by atoms with E-state index < -0.39 is 19.7 Å². The number of nitrogens with one attached hydrogen (secondary N) is 2. The topological polar surface area (TPSA) is 116 Å². The van der Waals surface area contributed by atoms with Crippen LogP contribution in [0.4, 0.5) is 22.0 Å². The summed E-state index contributed by atoms with van der Waals surface area (Å²) in [4.78, 5) is 34.2. The van der Waals surface area contributed by atoms with Gasteiger partial charge in [-0.15, -0.1) is 5.54 Å². The zero-order valence-corrected chi connectivity index (χ0v) is 34.8. The molecule has 1 aromatic heterocycles. The van der Waals surface area contributed by atoms with Gasteiger partial charge in [0, 0.05) is 71.6 Å². The van der Waals surface area contributed by atoms with Crippen molar-refractivity contribution in [3.63, 3.8) is 0 Å². The molecule has 0 radical (unpaired) electrons. The van der Waals surface area contributed by atoms with Crippen LogP contribution in [0.15, 0.2) is 72.9 Å². The molecule has 1 fully saturated rings. The monoisotopic (exact) mass is 763 g/mol. The molecule has 0 spiro atoms. The molecule has 1 saturated heterocycles. The van der Waals surface area contributed by atoms with E-state index in [1.807, 2.05) is 63.2 Å². The summed E-state index contributed by atoms with van der Waals surface area (Å²) in [5.74, 6) is 5.03. The number of morpholine rings is 1. The number of carbonyl (C=O) groups is 2. The van der Waals surface area contributed by atoms with E-state index in [-0.39, 0.29) is 5.91 Å². The van der Waals surface area contributed by atoms with Crippen molar-refractivity contribution in [3.8, 4) is 23.0 Å². The molecule has 0 saturated carbocycles. The lowest BCUT2D eigenvalue weighted by Gasteiger charge is -2.38. The number of ether oxygens (including phenoxy) is 2. The molecule has 0 bridgehead atoms. The van der Waals surface area contributed by atoms with E-state index in [4.69, 9.17) is 9.47 Å². The molecule has 2 amide bonds. The molecule has 0 aliphatic carbocycles. The molecule has 4 aromatic rings. The predicted octanol–water partition coefficient (Wildman–Crippen LogP) is 9.69. The van der Waals surface area contributed by atoms with Gasteiger partial charge in [-0.1, -0.05) is 71.7 Å². The largest absolute Gasteiger partial charge is 0.465 e. The Kier molecular flexibility index (Phi) is 13.3. The van der Waals surface area contributed by atoms with E-state index >= 15 is 0 Å². The highest BCUT2D eigenvalue weighted by Crippen LogP contribution is 2.41. The number of carboxylic acid groups (broad SMARTS) is 1. The maximum absolute atomic E-state index is 13.6. The van der Waals surface area contributed by atoms with Crippen molar-refractivity contribution >= 4 is 48.0 Å². The third kappa shape index (κ3) is 9.86. The first-order chi connectivity index (χ1) is 26.1. The van der Waals surface area contributed by atoms with E-state index in [0.29, 0.717) is 70.6 Å². The molecule has 292 valence electrons. The van der Waals surface area contributed by atoms with Crippen LogP contribution in [0.3, 0.4) is 0 Å². The van der Waals surface area contributed by atoms with Gasteiger partial charge < -0.3 is 25.2 Å². The van der Waals surface area contributed by atoms with E-state index in [0.717, 1.165) is 36.0 Å². The first-order valence-corrected chi connectivity index (χ1v) is 21.6. The number of hydrogen-bond donors (Lipinski definition) is 3. The lowest BCUT2D eigenvalue weighted by atomic mass is 10.0. The number of benzene rings is 3. The lowest BCUT2D eigenvalue weighted by Crippen LogP contribution is -2.45. The normalized spacial score (nSPS) is 13.8. The summed E-state index contributed by atoms with van der Waals surface area (Å²) in [5, 5.41) is 18.2. The van der Waals surface area contributed by atoms with Gasteiger partial charge in [-0.25, -0.2) is 9.78 Å². The highest BCUT2D eigenvalue weighted by molar-refractivity contribution is 6.90. The SMILES string of the molecule is CC(C)[Si](C#Cc1cc(Nc2cc(Oc3ccc(N(C(=O)O)C(C)(C)C)c4ccccc34)ccn2)cc(C(=O)NCCN2CCOCC2)c1)(C(C)C)C(C)C. The fourth-order valence-electron chi connectivity index (χ4n) is 7.88. The summed E-state index contributed by atoms with van der Waals surface area (Å²) in [6.45, 7) is 23.8. The van der Waals surface area contributed by atoms with E-state index in [1.165, 1.54) is 4.90 Å². The molecule has 0 unspecified atom stereocenters. The zero-order valence-electron chi connectivity index (χ0n) is 33.8. The van der Waals surface area contributed by atoms with Crippen molar-refractivity contribution in [3.05, 3.63) is 84.1 Å². The third-order valence-corrected chi connectivity index (χ3v) is 16.8. The van der Waals surface area contributed by atoms with Crippen LogP contribution in [-0.4, -0.2) is 80.0 Å². The Morgan fingerprint density at radius 3 is 2.25 bits per heavy atom. The van der Waals surface area contributed by atoms with Gasteiger partial charge in [0.05, 0.1) is 18.9 Å². The van der Waals surface area contributed by atoms with Crippen molar-refractivity contribution < 1.29 is 24.2 Å². The van der Waals surface area contributed by atoms with Gasteiger partial charge in [0.1, 0.15) is 25.4 Å². The number of anilines is 3. The van der Waals surface area contributed by atoms with Crippen LogP contribution in [0.5, 0.6) is 11.5 Å². The van der Waals surface area contributed by atoms with Crippen LogP contribution in [-0.2, 0) is 4.74 Å². The van der Waals surface area contributed by atoms with Gasteiger partial charge in [0.25, 0.3) is 5.91 Å². The van der Waals surface area contributed by atoms with Crippen molar-refractivity contribution in [1.82, 2.24) is 15.2 Å². The summed E-state index contributed by atoms with van der Waals surface area (Å²) >= 11 is 0. The molecule has 2 heterocycles. The predicted molar refractivity (Wildman–Crippen MR) is 226 cm³/mol. The van der Waals surface area contributed by atoms with Crippen molar-refractivity contribution in [1.29, 1.82) is 0 Å². The Morgan fingerprint density at radius 2 is 1.62 bits per heavy atom. The minimum Gasteiger partial charge on any atom is -0.465 e. The van der Waals surface area contributed by atoms with Crippen molar-refractivity contribution in [2.24, 2.45) is 0 Å². The Morgan fingerprint density at radius 1 is 0.945 bits per heavy atom. The summed E-state index contributed by atoms with van der Waals surface area (Å²) in [6.07, 6.45) is 0.637. The van der Waals surface area contributed by atoms with Crippen LogP contribution in [0.2, 0.25) is 16.6 Å². The Labute approximate surface area is 327 Å². The fourth-order valence-corrected chi connectivity index (χ4v) is 13.1. The smallest absolute Gasteiger partial charge is 0.412 e. The molecule has 10 nitrogen and oxygen atoms in total. The van der Waals surface area contributed by atoms with Crippen molar-refractivity contribution in [2.75, 3.05) is 49.6 Å². The van der Waals surface area contributed by atoms with Gasteiger partial charge >= 0.3 is 6.09 Å². The van der Waals surface area contributed by atoms with Gasteiger partial charge in [0.2, 0.25) is 0 Å². The van der Waals surface area contributed by atoms with Gasteiger partial charge in [-0.2, -0.15) is 0 Å². The molecular weight excluding hydrogens is 707 g/mol. The quantitative estimate of drug-likeness (QED) is 0.0966. The Hall–Kier alpha value is -4.89. The van der Waals surface area contributed by atoms with Crippen LogP contribution in [0.1, 0.15) is 78.2 Å². The highest BCUT2D eigenvalue weighted by atomic mass is 28.3. The number of rotatable bonds is 12. The molecular formula is C44H57N5O5Si. The van der Waals surface area contributed by atoms with E-state index in [9.17, 15) is 14.7 Å². The minimum absolute atomic E-state index is 0.159. The van der Waals surface area contributed by atoms with E-state index in [1.54, 1.807) is 30.5 Å². The minimum atomic E-state index is -2.03. The Balaban J connectivity index is 1.45. The molecule has 11 heteroatoms. The molecule has 1 aliphatic rings. The molecule has 1 aliphatic heterocycles. The van der Waals surface area contributed by atoms with E-state index in [2.05, 4.69) is 73.5 Å². The fraction of sp³-hybridized carbons (Fsp3) is 0.432. The first-order valence-electron chi connectivity index (χ1n) is 19.3. The first kappa shape index (κ1) is 41.3. The number of carbonyl (C=O) groups excluding carboxylic acids is 1. The van der Waals surface area contributed by atoms with Crippen LogP contribution < -0.4 is 20.3 Å². The molecule has 55 heavy (non-hydrogen) atoms. The average Bonchev–Trinajstić information content (AvgIpc) is 3.12. The lowest BCUT2D eigenvalue weighted by molar-refractivity contribution is 0.0383. The number of fused-ring (bicyclic) bond motifs is 1. The molecule has 5 rings (SSSR count). The van der Waals surface area contributed by atoms with Gasteiger partial charge in [0.15, 0.2) is 0 Å². The summed E-state index contributed by atoms with van der Waals surface area (Å²) < 4.78 is 11.9. The number of pyridine rings is 1. The second kappa shape index (κ2) is 17.7. The average molecular weight is 764 g/mol. The number of aromatic nitrogens is 1. The van der Waals surface area contributed by atoms with Crippen LogP contribution >= 0.6 is 0 Å². The second-order valence-electron chi connectivity index (χ2n) is 16.2. The maximum atomic E-state index is 13.6. The number of amides is 2. The molecule has 3 N–H and O–H groups in total. The van der Waals surface area contributed by atoms with Gasteiger partial charge in [-0.05, 0) is 73.8 Å². The summed E-state index contributed by atoms with van der Waals surface area (Å²) in [6, 6.07) is 20.5. The zero-order chi connectivity index (χ0) is 39.9. The van der Waals surface area contributed by atoms with Gasteiger partial charge in [-0.3, -0.25) is 14.6 Å². The molecule has 3 aromatic carbocycles. The summed E-state index contributed by atoms with van der Waals surface area (Å²) in [5.41, 5.74) is 7.13.